The summed E-state index contributed by atoms with van der Waals surface area (Å²) >= 11 is 0. The Hall–Kier alpha value is -4.67. The lowest BCUT2D eigenvalue weighted by Crippen LogP contribution is -2.18. The minimum atomic E-state index is -0.588. The second-order valence-electron chi connectivity index (χ2n) is 7.45. The molecule has 0 spiro atoms. The summed E-state index contributed by atoms with van der Waals surface area (Å²) in [5.41, 5.74) is 7.19. The fourth-order valence-electron chi connectivity index (χ4n) is 3.49. The molecule has 0 bridgehead atoms. The Balaban J connectivity index is 1.80. The normalized spacial score (nSPS) is 11.6. The van der Waals surface area contributed by atoms with Crippen LogP contribution in [0.15, 0.2) is 65.7 Å². The highest BCUT2D eigenvalue weighted by molar-refractivity contribution is 5.95. The summed E-state index contributed by atoms with van der Waals surface area (Å²) < 4.78 is 12.6. The first-order chi connectivity index (χ1) is 17.0. The molecule has 1 atom stereocenters. The molecule has 4 rings (SSSR count). The largest absolute Gasteiger partial charge is 0.494 e. The first-order valence-corrected chi connectivity index (χ1v) is 11.1. The van der Waals surface area contributed by atoms with Crippen LogP contribution in [-0.4, -0.2) is 43.8 Å². The number of anilines is 1. The fourth-order valence-corrected chi connectivity index (χ4v) is 3.49. The van der Waals surface area contributed by atoms with Crippen molar-refractivity contribution in [3.63, 3.8) is 0 Å². The van der Waals surface area contributed by atoms with Gasteiger partial charge in [0.2, 0.25) is 0 Å². The molecule has 0 aliphatic rings. The third kappa shape index (κ3) is 5.46. The number of nitrogens with zero attached hydrogens (tertiary/aromatic N) is 4. The predicted octanol–water partition coefficient (Wildman–Crippen LogP) is 2.63. The van der Waals surface area contributed by atoms with Crippen LogP contribution in [0.1, 0.15) is 36.8 Å². The van der Waals surface area contributed by atoms with Gasteiger partial charge in [0.15, 0.2) is 5.82 Å². The lowest BCUT2D eigenvalue weighted by atomic mass is 10.0. The van der Waals surface area contributed by atoms with Crippen LogP contribution < -0.4 is 26.2 Å². The molecule has 11 nitrogen and oxygen atoms in total. The van der Waals surface area contributed by atoms with Gasteiger partial charge in [-0.25, -0.2) is 14.8 Å². The standard InChI is InChI=1S/C24H26N8O3/c1-3-34-18-12-16(13-19(14-18)35-4-2)20(29-17-8-6-15(7-9-17)21(25)26)22-30-24(33)32(31-22)23-27-10-5-11-28-23/h5-14,20,29H,3-4H2,1-2H3,(H3,25,26)(H,30,31,33)/t20-/m0/s1. The number of rotatable bonds is 10. The van der Waals surface area contributed by atoms with Crippen molar-refractivity contribution in [2.75, 3.05) is 18.5 Å². The third-order valence-electron chi connectivity index (χ3n) is 5.01. The predicted molar refractivity (Wildman–Crippen MR) is 131 cm³/mol. The number of H-pyrrole nitrogens is 1. The third-order valence-corrected chi connectivity index (χ3v) is 5.01. The molecule has 0 saturated heterocycles. The molecular weight excluding hydrogens is 448 g/mol. The zero-order valence-electron chi connectivity index (χ0n) is 19.4. The van der Waals surface area contributed by atoms with Gasteiger partial charge in [-0.15, -0.1) is 9.78 Å². The molecule has 35 heavy (non-hydrogen) atoms. The van der Waals surface area contributed by atoms with E-state index in [0.29, 0.717) is 36.1 Å². The molecule has 2 aromatic carbocycles. The van der Waals surface area contributed by atoms with E-state index in [9.17, 15) is 4.79 Å². The van der Waals surface area contributed by atoms with Gasteiger partial charge in [-0.3, -0.25) is 10.4 Å². The monoisotopic (exact) mass is 474 g/mol. The summed E-state index contributed by atoms with van der Waals surface area (Å²) in [5.74, 6) is 1.72. The first-order valence-electron chi connectivity index (χ1n) is 11.1. The maximum atomic E-state index is 12.7. The summed E-state index contributed by atoms with van der Waals surface area (Å²) in [7, 11) is 0. The summed E-state index contributed by atoms with van der Waals surface area (Å²) in [6, 6.07) is 13.7. The molecule has 180 valence electrons. The van der Waals surface area contributed by atoms with E-state index in [-0.39, 0.29) is 11.8 Å². The van der Waals surface area contributed by atoms with Gasteiger partial charge in [0, 0.05) is 29.7 Å². The van der Waals surface area contributed by atoms with Crippen LogP contribution in [0.25, 0.3) is 5.95 Å². The lowest BCUT2D eigenvalue weighted by Gasteiger charge is -2.20. The van der Waals surface area contributed by atoms with Gasteiger partial charge < -0.3 is 20.5 Å². The summed E-state index contributed by atoms with van der Waals surface area (Å²) in [6.07, 6.45) is 3.07. The van der Waals surface area contributed by atoms with Gasteiger partial charge in [-0.05, 0) is 61.9 Å². The van der Waals surface area contributed by atoms with Crippen molar-refractivity contribution >= 4 is 11.5 Å². The summed E-state index contributed by atoms with van der Waals surface area (Å²) in [5, 5.41) is 15.5. The van der Waals surface area contributed by atoms with Gasteiger partial charge in [0.25, 0.3) is 5.95 Å². The second kappa shape index (κ2) is 10.5. The molecule has 0 radical (unpaired) electrons. The molecular formula is C24H26N8O3. The molecule has 0 saturated carbocycles. The zero-order valence-corrected chi connectivity index (χ0v) is 19.4. The fraction of sp³-hybridized carbons (Fsp3) is 0.208. The molecule has 0 amide bonds. The minimum absolute atomic E-state index is 0.0233. The van der Waals surface area contributed by atoms with Crippen LogP contribution in [-0.2, 0) is 0 Å². The Morgan fingerprint density at radius 2 is 1.71 bits per heavy atom. The van der Waals surface area contributed by atoms with Gasteiger partial charge >= 0.3 is 5.69 Å². The number of nitrogens with one attached hydrogen (secondary N) is 3. The Kier molecular flexibility index (Phi) is 7.05. The number of aromatic nitrogens is 5. The highest BCUT2D eigenvalue weighted by Crippen LogP contribution is 2.31. The molecule has 5 N–H and O–H groups in total. The Bertz CT molecular complexity index is 1330. The lowest BCUT2D eigenvalue weighted by molar-refractivity contribution is 0.322. The van der Waals surface area contributed by atoms with Crippen molar-refractivity contribution in [3.8, 4) is 17.4 Å². The van der Waals surface area contributed by atoms with Crippen molar-refractivity contribution < 1.29 is 9.47 Å². The smallest absolute Gasteiger partial charge is 0.350 e. The summed E-state index contributed by atoms with van der Waals surface area (Å²) in [6.45, 7) is 4.77. The molecule has 2 heterocycles. The molecule has 0 aliphatic carbocycles. The number of nitrogens with two attached hydrogens (primary N) is 1. The molecule has 0 unspecified atom stereocenters. The number of amidine groups is 1. The maximum absolute atomic E-state index is 12.7. The number of ether oxygens (including phenoxy) is 2. The van der Waals surface area contributed by atoms with E-state index < -0.39 is 11.7 Å². The van der Waals surface area contributed by atoms with Crippen molar-refractivity contribution in [3.05, 3.63) is 88.4 Å². The highest BCUT2D eigenvalue weighted by atomic mass is 16.5. The topological polar surface area (TPSA) is 157 Å². The van der Waals surface area contributed by atoms with E-state index in [4.69, 9.17) is 20.6 Å². The highest BCUT2D eigenvalue weighted by Gasteiger charge is 2.22. The van der Waals surface area contributed by atoms with Gasteiger partial charge in [0.05, 0.1) is 13.2 Å². The number of aromatic amines is 1. The molecule has 0 aliphatic heterocycles. The van der Waals surface area contributed by atoms with E-state index in [1.807, 2.05) is 32.0 Å². The zero-order chi connectivity index (χ0) is 24.8. The Labute approximate surface area is 201 Å². The van der Waals surface area contributed by atoms with E-state index in [1.165, 1.54) is 12.4 Å². The molecule has 4 aromatic rings. The van der Waals surface area contributed by atoms with Crippen LogP contribution in [0.5, 0.6) is 11.5 Å². The SMILES string of the molecule is CCOc1cc(OCC)cc([C@H](Nc2ccc(C(=N)N)cc2)c2nn(-c3ncccn3)c(=O)[nH]2)c1. The number of hydrogen-bond acceptors (Lipinski definition) is 8. The van der Waals surface area contributed by atoms with Crippen molar-refractivity contribution in [1.82, 2.24) is 24.7 Å². The quantitative estimate of drug-likeness (QED) is 0.202. The van der Waals surface area contributed by atoms with E-state index in [0.717, 1.165) is 15.9 Å². The van der Waals surface area contributed by atoms with Gasteiger partial charge in [0.1, 0.15) is 23.4 Å². The minimum Gasteiger partial charge on any atom is -0.494 e. The molecule has 0 fully saturated rings. The van der Waals surface area contributed by atoms with Crippen molar-refractivity contribution in [2.45, 2.75) is 19.9 Å². The number of benzene rings is 2. The van der Waals surface area contributed by atoms with Gasteiger partial charge in [-0.1, -0.05) is 0 Å². The van der Waals surface area contributed by atoms with Crippen LogP contribution in [0.4, 0.5) is 5.69 Å². The van der Waals surface area contributed by atoms with E-state index >= 15 is 0 Å². The average molecular weight is 475 g/mol. The molecule has 2 aromatic heterocycles. The van der Waals surface area contributed by atoms with Crippen molar-refractivity contribution in [1.29, 1.82) is 5.41 Å². The van der Waals surface area contributed by atoms with Gasteiger partial charge in [-0.2, -0.15) is 0 Å². The van der Waals surface area contributed by atoms with E-state index in [1.54, 1.807) is 30.3 Å². The number of hydrogen-bond donors (Lipinski definition) is 4. The second-order valence-corrected chi connectivity index (χ2v) is 7.45. The average Bonchev–Trinajstić information content (AvgIpc) is 3.25. The van der Waals surface area contributed by atoms with Crippen LogP contribution in [0.2, 0.25) is 0 Å². The van der Waals surface area contributed by atoms with Crippen LogP contribution >= 0.6 is 0 Å². The molecule has 11 heteroatoms. The Morgan fingerprint density at radius 1 is 1.09 bits per heavy atom. The first kappa shape index (κ1) is 23.5. The van der Waals surface area contributed by atoms with Crippen LogP contribution in [0, 0.1) is 5.41 Å². The van der Waals surface area contributed by atoms with Crippen LogP contribution in [0.3, 0.4) is 0 Å². The van der Waals surface area contributed by atoms with Crippen molar-refractivity contribution in [2.24, 2.45) is 5.73 Å². The number of nitrogen functional groups attached to an aromatic ring is 1. The van der Waals surface area contributed by atoms with E-state index in [2.05, 4.69) is 25.4 Å². The Morgan fingerprint density at radius 3 is 2.29 bits per heavy atom. The summed E-state index contributed by atoms with van der Waals surface area (Å²) in [4.78, 5) is 23.8. The maximum Gasteiger partial charge on any atom is 0.350 e.